The molecule has 1 heterocycles. The van der Waals surface area contributed by atoms with Gasteiger partial charge in [-0.1, -0.05) is 19.4 Å². The molecule has 3 heteroatoms. The summed E-state index contributed by atoms with van der Waals surface area (Å²) in [6.45, 7) is 9.41. The number of aromatic nitrogens is 1. The first-order valence-corrected chi connectivity index (χ1v) is 5.78. The number of rotatable bonds is 4. The van der Waals surface area contributed by atoms with E-state index in [1.807, 2.05) is 6.92 Å². The molecule has 0 aromatic carbocycles. The Morgan fingerprint density at radius 3 is 2.86 bits per heavy atom. The lowest BCUT2D eigenvalue weighted by Gasteiger charge is -2.07. The van der Waals surface area contributed by atoms with Crippen molar-refractivity contribution < 1.29 is 0 Å². The molecule has 0 saturated carbocycles. The summed E-state index contributed by atoms with van der Waals surface area (Å²) in [6.07, 6.45) is 2.14. The summed E-state index contributed by atoms with van der Waals surface area (Å²) >= 11 is 1.69. The van der Waals surface area contributed by atoms with Gasteiger partial charge in [-0.3, -0.25) is 0 Å². The SMILES string of the molecule is CC(=Cc1csc(C)n1)CNC(C)C. The van der Waals surface area contributed by atoms with Gasteiger partial charge in [0.25, 0.3) is 0 Å². The zero-order valence-electron chi connectivity index (χ0n) is 9.29. The van der Waals surface area contributed by atoms with Gasteiger partial charge in [-0.15, -0.1) is 11.3 Å². The van der Waals surface area contributed by atoms with Gasteiger partial charge in [0.1, 0.15) is 0 Å². The quantitative estimate of drug-likeness (QED) is 0.826. The molecule has 1 aromatic heterocycles. The van der Waals surface area contributed by atoms with Crippen molar-refractivity contribution in [1.82, 2.24) is 10.3 Å². The van der Waals surface area contributed by atoms with E-state index in [9.17, 15) is 0 Å². The van der Waals surface area contributed by atoms with Crippen LogP contribution in [0.4, 0.5) is 0 Å². The average Bonchev–Trinajstić information content (AvgIpc) is 2.48. The highest BCUT2D eigenvalue weighted by Crippen LogP contribution is 2.11. The maximum Gasteiger partial charge on any atom is 0.0901 e. The summed E-state index contributed by atoms with van der Waals surface area (Å²) in [4.78, 5) is 4.39. The first-order valence-electron chi connectivity index (χ1n) is 4.90. The molecule has 0 aliphatic heterocycles. The molecule has 1 aromatic rings. The smallest absolute Gasteiger partial charge is 0.0901 e. The van der Waals surface area contributed by atoms with E-state index in [0.29, 0.717) is 6.04 Å². The molecular weight excluding hydrogens is 192 g/mol. The van der Waals surface area contributed by atoms with E-state index in [4.69, 9.17) is 0 Å². The predicted molar refractivity (Wildman–Crippen MR) is 63.6 cm³/mol. The summed E-state index contributed by atoms with van der Waals surface area (Å²) in [5, 5.41) is 6.60. The molecule has 0 unspecified atom stereocenters. The van der Waals surface area contributed by atoms with Crippen LogP contribution < -0.4 is 5.32 Å². The molecule has 0 atom stereocenters. The third-order valence-electron chi connectivity index (χ3n) is 1.82. The van der Waals surface area contributed by atoms with Crippen LogP contribution in [-0.2, 0) is 0 Å². The van der Waals surface area contributed by atoms with Gasteiger partial charge in [0, 0.05) is 18.0 Å². The van der Waals surface area contributed by atoms with Crippen LogP contribution in [0.15, 0.2) is 11.0 Å². The third kappa shape index (κ3) is 4.03. The largest absolute Gasteiger partial charge is 0.311 e. The highest BCUT2D eigenvalue weighted by atomic mass is 32.1. The maximum absolute atomic E-state index is 4.39. The van der Waals surface area contributed by atoms with Crippen molar-refractivity contribution in [2.24, 2.45) is 0 Å². The fourth-order valence-corrected chi connectivity index (χ4v) is 1.69. The van der Waals surface area contributed by atoms with Crippen molar-refractivity contribution in [2.75, 3.05) is 6.54 Å². The number of thiazole rings is 1. The Morgan fingerprint density at radius 2 is 2.36 bits per heavy atom. The van der Waals surface area contributed by atoms with Crippen LogP contribution in [0.5, 0.6) is 0 Å². The van der Waals surface area contributed by atoms with Gasteiger partial charge in [0.05, 0.1) is 10.7 Å². The normalized spacial score (nSPS) is 12.5. The molecule has 0 bridgehead atoms. The number of nitrogens with one attached hydrogen (secondary N) is 1. The molecule has 1 N–H and O–H groups in total. The van der Waals surface area contributed by atoms with Gasteiger partial charge >= 0.3 is 0 Å². The molecule has 0 spiro atoms. The molecule has 0 saturated heterocycles. The van der Waals surface area contributed by atoms with E-state index >= 15 is 0 Å². The summed E-state index contributed by atoms with van der Waals surface area (Å²) in [5.41, 5.74) is 2.40. The first-order chi connectivity index (χ1) is 6.58. The molecule has 0 radical (unpaired) electrons. The lowest BCUT2D eigenvalue weighted by Crippen LogP contribution is -2.24. The topological polar surface area (TPSA) is 24.9 Å². The highest BCUT2D eigenvalue weighted by molar-refractivity contribution is 7.09. The van der Waals surface area contributed by atoms with Crippen LogP contribution in [0.1, 0.15) is 31.5 Å². The van der Waals surface area contributed by atoms with E-state index in [1.165, 1.54) is 5.57 Å². The minimum atomic E-state index is 0.538. The molecule has 0 aliphatic carbocycles. The second kappa shape index (κ2) is 5.27. The number of hydrogen-bond acceptors (Lipinski definition) is 3. The standard InChI is InChI=1S/C11H18N2S/c1-8(2)12-6-9(3)5-11-7-14-10(4)13-11/h5,7-8,12H,6H2,1-4H3. The molecule has 0 aliphatic rings. The highest BCUT2D eigenvalue weighted by Gasteiger charge is 1.97. The first kappa shape index (κ1) is 11.4. The molecule has 1 rings (SSSR count). The Bertz CT molecular complexity index is 313. The Hall–Kier alpha value is -0.670. The number of nitrogens with zero attached hydrogens (tertiary/aromatic N) is 1. The third-order valence-corrected chi connectivity index (χ3v) is 2.61. The van der Waals surface area contributed by atoms with Crippen molar-refractivity contribution in [3.05, 3.63) is 21.7 Å². The molecule has 0 amide bonds. The Kier molecular flexibility index (Phi) is 4.29. The summed E-state index contributed by atoms with van der Waals surface area (Å²) < 4.78 is 0. The van der Waals surface area contributed by atoms with E-state index in [-0.39, 0.29) is 0 Å². The summed E-state index contributed by atoms with van der Waals surface area (Å²) in [5.74, 6) is 0. The maximum atomic E-state index is 4.39. The number of aryl methyl sites for hydroxylation is 1. The minimum Gasteiger partial charge on any atom is -0.311 e. The van der Waals surface area contributed by atoms with Crippen molar-refractivity contribution in [3.63, 3.8) is 0 Å². The van der Waals surface area contributed by atoms with Crippen molar-refractivity contribution >= 4 is 17.4 Å². The van der Waals surface area contributed by atoms with Crippen LogP contribution in [-0.4, -0.2) is 17.6 Å². The monoisotopic (exact) mass is 210 g/mol. The van der Waals surface area contributed by atoms with Gasteiger partial charge in [0.15, 0.2) is 0 Å². The van der Waals surface area contributed by atoms with Gasteiger partial charge in [0.2, 0.25) is 0 Å². The van der Waals surface area contributed by atoms with Gasteiger partial charge < -0.3 is 5.32 Å². The van der Waals surface area contributed by atoms with Crippen LogP contribution in [0.25, 0.3) is 6.08 Å². The second-order valence-electron chi connectivity index (χ2n) is 3.82. The van der Waals surface area contributed by atoms with Crippen LogP contribution in [0.2, 0.25) is 0 Å². The lowest BCUT2D eigenvalue weighted by molar-refractivity contribution is 0.622. The van der Waals surface area contributed by atoms with Gasteiger partial charge in [-0.25, -0.2) is 4.98 Å². The Morgan fingerprint density at radius 1 is 1.64 bits per heavy atom. The van der Waals surface area contributed by atoms with E-state index in [0.717, 1.165) is 17.2 Å². The summed E-state index contributed by atoms with van der Waals surface area (Å²) in [6, 6.07) is 0.538. The van der Waals surface area contributed by atoms with Crippen molar-refractivity contribution in [2.45, 2.75) is 33.7 Å². The molecule has 78 valence electrons. The second-order valence-corrected chi connectivity index (χ2v) is 4.88. The predicted octanol–water partition coefficient (Wildman–Crippen LogP) is 2.85. The molecular formula is C11H18N2S. The molecule has 2 nitrogen and oxygen atoms in total. The van der Waals surface area contributed by atoms with E-state index < -0.39 is 0 Å². The Balaban J connectivity index is 2.51. The van der Waals surface area contributed by atoms with Crippen LogP contribution >= 0.6 is 11.3 Å². The lowest BCUT2D eigenvalue weighted by atomic mass is 10.2. The minimum absolute atomic E-state index is 0.538. The molecule has 0 fully saturated rings. The molecule has 14 heavy (non-hydrogen) atoms. The average molecular weight is 210 g/mol. The van der Waals surface area contributed by atoms with Crippen LogP contribution in [0, 0.1) is 6.92 Å². The van der Waals surface area contributed by atoms with Gasteiger partial charge in [-0.2, -0.15) is 0 Å². The van der Waals surface area contributed by atoms with E-state index in [2.05, 4.69) is 42.5 Å². The Labute approximate surface area is 90.1 Å². The fourth-order valence-electron chi connectivity index (χ4n) is 1.12. The van der Waals surface area contributed by atoms with Crippen molar-refractivity contribution in [3.8, 4) is 0 Å². The fraction of sp³-hybridized carbons (Fsp3) is 0.545. The zero-order valence-corrected chi connectivity index (χ0v) is 10.1. The van der Waals surface area contributed by atoms with Crippen LogP contribution in [0.3, 0.4) is 0 Å². The van der Waals surface area contributed by atoms with Gasteiger partial charge in [-0.05, 0) is 19.9 Å². The van der Waals surface area contributed by atoms with E-state index in [1.54, 1.807) is 11.3 Å². The number of hydrogen-bond donors (Lipinski definition) is 1. The zero-order chi connectivity index (χ0) is 10.6. The van der Waals surface area contributed by atoms with Crippen molar-refractivity contribution in [1.29, 1.82) is 0 Å². The summed E-state index contributed by atoms with van der Waals surface area (Å²) in [7, 11) is 0.